The molecule has 0 aromatic heterocycles. The normalized spacial score (nSPS) is 12.1. The summed E-state index contributed by atoms with van der Waals surface area (Å²) in [5, 5.41) is 5.57. The summed E-state index contributed by atoms with van der Waals surface area (Å²) in [6.45, 7) is 6.85. The van der Waals surface area contributed by atoms with Crippen molar-refractivity contribution in [3.8, 4) is 0 Å². The summed E-state index contributed by atoms with van der Waals surface area (Å²) in [7, 11) is 50.4. The maximum atomic E-state index is 13.9. The third kappa shape index (κ3) is 13.7. The van der Waals surface area contributed by atoms with Gasteiger partial charge in [0.15, 0.2) is 0 Å². The van der Waals surface area contributed by atoms with Crippen molar-refractivity contribution in [2.45, 2.75) is 45.8 Å². The molecule has 55 heavy (non-hydrogen) atoms. The van der Waals surface area contributed by atoms with Crippen LogP contribution in [0.25, 0.3) is 0 Å². The molecule has 0 atom stereocenters. The number of amides is 2. The maximum Gasteiger partial charge on any atom is 0.414 e. The topological polar surface area (TPSA) is 106 Å². The molecule has 254 valence electrons. The summed E-state index contributed by atoms with van der Waals surface area (Å²) in [5.41, 5.74) is 9.24. The van der Waals surface area contributed by atoms with Gasteiger partial charge in [0.2, 0.25) is 0 Å². The molecule has 2 amide bonds. The van der Waals surface area contributed by atoms with Crippen molar-refractivity contribution >= 4 is 149 Å². The van der Waals surface area contributed by atoms with Gasteiger partial charge in [-0.2, -0.15) is 0 Å². The lowest BCUT2D eigenvalue weighted by Crippen LogP contribution is -2.75. The lowest BCUT2D eigenvalue weighted by molar-refractivity contribution is 0.0584. The molecule has 26 heteroatoms. The van der Waals surface area contributed by atoms with E-state index in [0.717, 1.165) is 35.3 Å². The highest BCUT2D eigenvalue weighted by Gasteiger charge is 2.38. The Morgan fingerprint density at radius 2 is 1.44 bits per heavy atom. The number of halogens is 2. The Bertz CT molecular complexity index is 1740. The number of fused-ring (bicyclic) bond motifs is 2. The monoisotopic (exact) mass is 714 g/mol. The quantitative estimate of drug-likeness (QED) is 0.216. The van der Waals surface area contributed by atoms with Crippen LogP contribution in [0.2, 0.25) is 0 Å². The minimum absolute atomic E-state index is 0.0456. The van der Waals surface area contributed by atoms with Crippen LogP contribution in [0.3, 0.4) is 0 Å². The van der Waals surface area contributed by atoms with Gasteiger partial charge in [-0.15, -0.1) is 0 Å². The standard InChI is InChI=1S/C16H15FN2O2.C13H17FN2O2.B16/c17-13-8-12-6-7-18-14(12)9-15(13)19-16(20)21-10-11-4-2-1-3-5-11;1-13(2,3)18-12(17)16-5-4-8-6-9(14)10(15)7-11(8)16;1-10(2)14(9)16(13(7)8)15(11(3)4)12(5)6/h1-5,8-9,18H,6-7,10H2,(H,19,20);6-7H,4-5,15H2,1-3H3;. The van der Waals surface area contributed by atoms with E-state index in [4.69, 9.17) is 84.8 Å². The first-order valence-electron chi connectivity index (χ1n) is 17.6. The lowest BCUT2D eigenvalue weighted by atomic mass is 8.44. The molecule has 18 radical (unpaired) electrons. The number of benzene rings is 3. The minimum atomic E-state index is -0.807. The molecule has 2 aliphatic rings. The number of carbonyl (C=O) groups is 2. The van der Waals surface area contributed by atoms with Gasteiger partial charge < -0.3 is 20.5 Å². The van der Waals surface area contributed by atoms with E-state index in [1.165, 1.54) is 23.1 Å². The molecule has 5 rings (SSSR count). The van der Waals surface area contributed by atoms with Gasteiger partial charge in [0.05, 0.1) is 17.1 Å². The highest BCUT2D eigenvalue weighted by molar-refractivity contribution is 8.13. The zero-order valence-corrected chi connectivity index (χ0v) is 31.4. The first kappa shape index (κ1) is 46.1. The lowest BCUT2D eigenvalue weighted by Gasteiger charge is -2.37. The van der Waals surface area contributed by atoms with Crippen molar-refractivity contribution in [1.82, 2.24) is 0 Å². The van der Waals surface area contributed by atoms with Gasteiger partial charge in [0, 0.05) is 133 Å². The Balaban J connectivity index is 0.000000224. The van der Waals surface area contributed by atoms with Gasteiger partial charge in [-0.1, -0.05) is 30.3 Å². The van der Waals surface area contributed by atoms with Crippen LogP contribution in [0.1, 0.15) is 37.5 Å². The molecule has 0 fully saturated rings. The summed E-state index contributed by atoms with van der Waals surface area (Å²) in [5.74, 6) is -0.895. The Labute approximate surface area is 339 Å². The van der Waals surface area contributed by atoms with E-state index in [-0.39, 0.29) is 18.0 Å². The van der Waals surface area contributed by atoms with E-state index >= 15 is 0 Å². The molecule has 0 unspecified atom stereocenters. The molecule has 3 aromatic rings. The van der Waals surface area contributed by atoms with Crippen molar-refractivity contribution in [2.24, 2.45) is 0 Å². The van der Waals surface area contributed by atoms with E-state index < -0.39 is 74.1 Å². The molecule has 0 aliphatic carbocycles. The average molecular weight is 712 g/mol. The van der Waals surface area contributed by atoms with Gasteiger partial charge in [-0.25, -0.2) is 18.4 Å². The highest BCUT2D eigenvalue weighted by Crippen LogP contribution is 2.33. The highest BCUT2D eigenvalue weighted by atomic mass is 19.1. The maximum absolute atomic E-state index is 13.9. The molecule has 0 spiro atoms. The number of nitrogens with zero attached hydrogens (tertiary/aromatic N) is 1. The number of rotatable bonds is 9. The number of nitrogen functional groups attached to an aromatic ring is 1. The number of anilines is 4. The fourth-order valence-corrected chi connectivity index (χ4v) is 6.01. The average Bonchev–Trinajstić information content (AvgIpc) is 3.72. The second-order valence-electron chi connectivity index (χ2n) is 14.3. The Morgan fingerprint density at radius 1 is 0.836 bits per heavy atom. The number of carbonyl (C=O) groups excluding carboxylic acids is 2. The van der Waals surface area contributed by atoms with Crippen LogP contribution in [0.5, 0.6) is 0 Å². The first-order valence-corrected chi connectivity index (χ1v) is 17.6. The molecule has 0 bridgehead atoms. The summed E-state index contributed by atoms with van der Waals surface area (Å²) >= 11 is 0. The SMILES string of the molecule is CC(C)(C)OC(=O)N1CCc2cc(F)c(N)cc21.O=C(Nc1cc2c(cc1F)CCN2)OCc1ccccc1.[B]B([B])B([B])B(B([B])[B])B(B([B])[B])B([B])[B]. The largest absolute Gasteiger partial charge is 0.444 e. The minimum Gasteiger partial charge on any atom is -0.444 e. The number of hydrogen-bond donors (Lipinski definition) is 3. The Kier molecular flexibility index (Phi) is 17.4. The molecule has 8 nitrogen and oxygen atoms in total. The molecule has 2 heterocycles. The molecule has 2 aliphatic heterocycles. The number of nitrogens with two attached hydrogens (primary N) is 1. The molecule has 3 aromatic carbocycles. The second kappa shape index (κ2) is 20.7. The second-order valence-corrected chi connectivity index (χ2v) is 14.3. The number of hydrogen-bond acceptors (Lipinski definition) is 6. The number of nitrogens with one attached hydrogen (secondary N) is 2. The zero-order chi connectivity index (χ0) is 41.2. The summed E-state index contributed by atoms with van der Waals surface area (Å²) in [6.07, 6.45) is -4.70. The van der Waals surface area contributed by atoms with Gasteiger partial charge in [0.25, 0.3) is 0 Å². The Morgan fingerprint density at radius 3 is 2.00 bits per heavy atom. The number of ether oxygens (including phenoxy) is 2. The van der Waals surface area contributed by atoms with Crippen molar-refractivity contribution in [1.29, 1.82) is 0 Å². The smallest absolute Gasteiger partial charge is 0.414 e. The summed E-state index contributed by atoms with van der Waals surface area (Å²) in [6, 6.07) is 15.2. The van der Waals surface area contributed by atoms with Crippen molar-refractivity contribution < 1.29 is 27.8 Å². The van der Waals surface area contributed by atoms with Crippen LogP contribution in [0.4, 0.5) is 41.1 Å². The van der Waals surface area contributed by atoms with Crippen LogP contribution in [-0.4, -0.2) is 145 Å². The Hall–Kier alpha value is -3.30. The van der Waals surface area contributed by atoms with Gasteiger partial charge in [0.1, 0.15) is 23.8 Å². The van der Waals surface area contributed by atoms with Crippen LogP contribution < -0.4 is 21.3 Å². The third-order valence-electron chi connectivity index (χ3n) is 8.73. The fraction of sp³-hybridized carbons (Fsp3) is 0.310. The molecular weight excluding hydrogens is 679 g/mol. The molecule has 4 N–H and O–H groups in total. The van der Waals surface area contributed by atoms with E-state index in [0.29, 0.717) is 18.7 Å². The van der Waals surface area contributed by atoms with E-state index in [9.17, 15) is 18.4 Å². The van der Waals surface area contributed by atoms with Crippen LogP contribution in [0, 0.1) is 11.6 Å². The molecule has 0 saturated carbocycles. The molecule has 0 saturated heterocycles. The van der Waals surface area contributed by atoms with Crippen LogP contribution >= 0.6 is 0 Å². The van der Waals surface area contributed by atoms with Crippen LogP contribution in [0.15, 0.2) is 54.6 Å². The van der Waals surface area contributed by atoms with E-state index in [2.05, 4.69) is 10.6 Å². The first-order chi connectivity index (χ1) is 25.7. The predicted octanol–water partition coefficient (Wildman–Crippen LogP) is 0.155. The molecular formula is C29H32B16F2N4O4. The predicted molar refractivity (Wildman–Crippen MR) is 239 cm³/mol. The van der Waals surface area contributed by atoms with Crippen molar-refractivity contribution in [2.75, 3.05) is 34.4 Å². The summed E-state index contributed by atoms with van der Waals surface area (Å²) in [4.78, 5) is 25.2. The van der Waals surface area contributed by atoms with E-state index in [1.54, 1.807) is 26.8 Å². The van der Waals surface area contributed by atoms with Gasteiger partial charge in [-0.05, 0) is 74.6 Å². The van der Waals surface area contributed by atoms with Gasteiger partial charge in [-0.3, -0.25) is 10.2 Å². The zero-order valence-electron chi connectivity index (χ0n) is 31.4. The van der Waals surface area contributed by atoms with Crippen molar-refractivity contribution in [3.05, 3.63) is 82.9 Å². The van der Waals surface area contributed by atoms with E-state index in [1.807, 2.05) is 30.3 Å². The van der Waals surface area contributed by atoms with Crippen molar-refractivity contribution in [3.63, 3.8) is 0 Å². The van der Waals surface area contributed by atoms with Gasteiger partial charge >= 0.3 is 12.2 Å². The third-order valence-corrected chi connectivity index (χ3v) is 8.73. The van der Waals surface area contributed by atoms with Crippen LogP contribution in [-0.2, 0) is 28.9 Å². The fourth-order valence-electron chi connectivity index (χ4n) is 6.01. The summed E-state index contributed by atoms with van der Waals surface area (Å²) < 4.78 is 37.6.